The Morgan fingerprint density at radius 2 is 1.86 bits per heavy atom. The summed E-state index contributed by atoms with van der Waals surface area (Å²) in [5.41, 5.74) is 1.90. The van der Waals surface area contributed by atoms with E-state index in [1.54, 1.807) is 18.2 Å². The van der Waals surface area contributed by atoms with Gasteiger partial charge in [0.2, 0.25) is 0 Å². The van der Waals surface area contributed by atoms with E-state index >= 15 is 0 Å². The SMILES string of the molecule is O=C(O)c1cccc2ncnc(NCc3ccccc3)c12. The fraction of sp³-hybridized carbons (Fsp3) is 0.0625. The van der Waals surface area contributed by atoms with Crippen molar-refractivity contribution in [2.75, 3.05) is 5.32 Å². The van der Waals surface area contributed by atoms with Crippen LogP contribution in [0.5, 0.6) is 0 Å². The van der Waals surface area contributed by atoms with Gasteiger partial charge in [-0.2, -0.15) is 0 Å². The van der Waals surface area contributed by atoms with E-state index in [1.165, 1.54) is 6.33 Å². The van der Waals surface area contributed by atoms with E-state index in [-0.39, 0.29) is 5.56 Å². The number of carboxylic acids is 1. The van der Waals surface area contributed by atoms with Gasteiger partial charge in [-0.25, -0.2) is 14.8 Å². The highest BCUT2D eigenvalue weighted by atomic mass is 16.4. The molecule has 0 aliphatic rings. The predicted octanol–water partition coefficient (Wildman–Crippen LogP) is 2.94. The van der Waals surface area contributed by atoms with Crippen LogP contribution in [-0.4, -0.2) is 21.0 Å². The summed E-state index contributed by atoms with van der Waals surface area (Å²) in [6, 6.07) is 14.9. The van der Waals surface area contributed by atoms with E-state index in [2.05, 4.69) is 15.3 Å². The number of carbonyl (C=O) groups is 1. The number of nitrogens with zero attached hydrogens (tertiary/aromatic N) is 2. The van der Waals surface area contributed by atoms with Gasteiger partial charge in [0.25, 0.3) is 0 Å². The minimum atomic E-state index is -0.988. The summed E-state index contributed by atoms with van der Waals surface area (Å²) in [6.07, 6.45) is 1.43. The van der Waals surface area contributed by atoms with E-state index < -0.39 is 5.97 Å². The standard InChI is InChI=1S/C16H13N3O2/c20-16(21)12-7-4-8-13-14(12)15(19-10-18-13)17-9-11-5-2-1-3-6-11/h1-8,10H,9H2,(H,20,21)(H,17,18,19). The molecule has 0 saturated heterocycles. The number of hydrogen-bond donors (Lipinski definition) is 2. The molecule has 3 aromatic rings. The fourth-order valence-electron chi connectivity index (χ4n) is 2.20. The van der Waals surface area contributed by atoms with Crippen molar-refractivity contribution in [3.8, 4) is 0 Å². The lowest BCUT2D eigenvalue weighted by atomic mass is 10.1. The Kier molecular flexibility index (Phi) is 3.47. The van der Waals surface area contributed by atoms with Gasteiger partial charge in [0, 0.05) is 6.54 Å². The molecule has 0 fully saturated rings. The maximum atomic E-state index is 11.4. The van der Waals surface area contributed by atoms with E-state index in [9.17, 15) is 9.90 Å². The number of hydrogen-bond acceptors (Lipinski definition) is 4. The second-order valence-corrected chi connectivity index (χ2v) is 4.57. The quantitative estimate of drug-likeness (QED) is 0.768. The van der Waals surface area contributed by atoms with Crippen LogP contribution in [0.1, 0.15) is 15.9 Å². The van der Waals surface area contributed by atoms with Crippen molar-refractivity contribution >= 4 is 22.7 Å². The van der Waals surface area contributed by atoms with Gasteiger partial charge in [-0.3, -0.25) is 0 Å². The topological polar surface area (TPSA) is 75.1 Å². The number of aromatic carboxylic acids is 1. The van der Waals surface area contributed by atoms with Crippen LogP contribution in [0.4, 0.5) is 5.82 Å². The summed E-state index contributed by atoms with van der Waals surface area (Å²) in [5, 5.41) is 13.0. The first-order valence-corrected chi connectivity index (χ1v) is 6.50. The van der Waals surface area contributed by atoms with Crippen LogP contribution in [0.15, 0.2) is 54.9 Å². The van der Waals surface area contributed by atoms with Gasteiger partial charge in [0.05, 0.1) is 16.5 Å². The van der Waals surface area contributed by atoms with Gasteiger partial charge >= 0.3 is 5.97 Å². The van der Waals surface area contributed by atoms with Crippen LogP contribution in [-0.2, 0) is 6.54 Å². The zero-order chi connectivity index (χ0) is 14.7. The minimum Gasteiger partial charge on any atom is -0.478 e. The van der Waals surface area contributed by atoms with Crippen molar-refractivity contribution in [2.45, 2.75) is 6.54 Å². The molecule has 0 spiro atoms. The van der Waals surface area contributed by atoms with Crippen molar-refractivity contribution in [2.24, 2.45) is 0 Å². The molecule has 104 valence electrons. The third-order valence-corrected chi connectivity index (χ3v) is 3.20. The van der Waals surface area contributed by atoms with Crippen LogP contribution in [0.3, 0.4) is 0 Å². The smallest absolute Gasteiger partial charge is 0.336 e. The first-order chi connectivity index (χ1) is 10.3. The van der Waals surface area contributed by atoms with Crippen LogP contribution < -0.4 is 5.32 Å². The summed E-state index contributed by atoms with van der Waals surface area (Å²) in [7, 11) is 0. The lowest BCUT2D eigenvalue weighted by Crippen LogP contribution is -2.06. The molecule has 1 heterocycles. The molecule has 0 atom stereocenters. The van der Waals surface area contributed by atoms with Gasteiger partial charge < -0.3 is 10.4 Å². The predicted molar refractivity (Wildman–Crippen MR) is 80.3 cm³/mol. The molecule has 5 nitrogen and oxygen atoms in total. The second kappa shape index (κ2) is 5.58. The molecule has 5 heteroatoms. The Bertz CT molecular complexity index is 783. The summed E-state index contributed by atoms with van der Waals surface area (Å²) in [4.78, 5) is 19.7. The molecular formula is C16H13N3O2. The molecule has 0 unspecified atom stereocenters. The van der Waals surface area contributed by atoms with Crippen molar-refractivity contribution in [3.05, 3.63) is 66.0 Å². The summed E-state index contributed by atoms with van der Waals surface area (Å²) in [5.74, 6) is -0.458. The number of anilines is 1. The Morgan fingerprint density at radius 3 is 2.62 bits per heavy atom. The molecule has 2 N–H and O–H groups in total. The number of nitrogens with one attached hydrogen (secondary N) is 1. The molecular weight excluding hydrogens is 266 g/mol. The van der Waals surface area contributed by atoms with Crippen molar-refractivity contribution < 1.29 is 9.90 Å². The highest BCUT2D eigenvalue weighted by Gasteiger charge is 2.13. The molecule has 21 heavy (non-hydrogen) atoms. The third kappa shape index (κ3) is 2.67. The normalized spacial score (nSPS) is 10.5. The molecule has 3 rings (SSSR count). The zero-order valence-corrected chi connectivity index (χ0v) is 11.2. The maximum absolute atomic E-state index is 11.4. The van der Waals surface area contributed by atoms with Crippen LogP contribution in [0, 0.1) is 0 Å². The van der Waals surface area contributed by atoms with E-state index in [1.807, 2.05) is 30.3 Å². The molecule has 0 aliphatic heterocycles. The molecule has 1 aromatic heterocycles. The van der Waals surface area contributed by atoms with Crippen LogP contribution in [0.2, 0.25) is 0 Å². The van der Waals surface area contributed by atoms with E-state index in [0.29, 0.717) is 23.3 Å². The molecule has 0 aliphatic carbocycles. The highest BCUT2D eigenvalue weighted by Crippen LogP contribution is 2.24. The summed E-state index contributed by atoms with van der Waals surface area (Å²) >= 11 is 0. The van der Waals surface area contributed by atoms with Crippen molar-refractivity contribution in [1.29, 1.82) is 0 Å². The van der Waals surface area contributed by atoms with Crippen molar-refractivity contribution in [3.63, 3.8) is 0 Å². The average Bonchev–Trinajstić information content (AvgIpc) is 2.53. The Labute approximate surface area is 121 Å². The monoisotopic (exact) mass is 279 g/mol. The lowest BCUT2D eigenvalue weighted by molar-refractivity contribution is 0.0699. The minimum absolute atomic E-state index is 0.198. The molecule has 0 radical (unpaired) electrons. The Balaban J connectivity index is 2.00. The Morgan fingerprint density at radius 1 is 1.05 bits per heavy atom. The largest absolute Gasteiger partial charge is 0.478 e. The van der Waals surface area contributed by atoms with E-state index in [4.69, 9.17) is 0 Å². The number of carboxylic acid groups (broad SMARTS) is 1. The van der Waals surface area contributed by atoms with E-state index in [0.717, 1.165) is 5.56 Å². The summed E-state index contributed by atoms with van der Waals surface area (Å²) in [6.45, 7) is 0.570. The number of aromatic nitrogens is 2. The van der Waals surface area contributed by atoms with Gasteiger partial charge in [0.1, 0.15) is 12.1 Å². The average molecular weight is 279 g/mol. The number of benzene rings is 2. The fourth-order valence-corrected chi connectivity index (χ4v) is 2.20. The van der Waals surface area contributed by atoms with Gasteiger partial charge in [-0.15, -0.1) is 0 Å². The Hall–Kier alpha value is -2.95. The first-order valence-electron chi connectivity index (χ1n) is 6.50. The lowest BCUT2D eigenvalue weighted by Gasteiger charge is -2.10. The highest BCUT2D eigenvalue weighted by molar-refractivity contribution is 6.06. The molecule has 0 bridgehead atoms. The van der Waals surface area contributed by atoms with Crippen molar-refractivity contribution in [1.82, 2.24) is 9.97 Å². The van der Waals surface area contributed by atoms with Gasteiger partial charge in [-0.05, 0) is 17.7 Å². The summed E-state index contributed by atoms with van der Waals surface area (Å²) < 4.78 is 0. The molecule has 0 amide bonds. The molecule has 2 aromatic carbocycles. The third-order valence-electron chi connectivity index (χ3n) is 3.20. The number of fused-ring (bicyclic) bond motifs is 1. The maximum Gasteiger partial charge on any atom is 0.336 e. The zero-order valence-electron chi connectivity index (χ0n) is 11.2. The first kappa shape index (κ1) is 13.1. The molecule has 0 saturated carbocycles. The van der Waals surface area contributed by atoms with Gasteiger partial charge in [-0.1, -0.05) is 36.4 Å². The van der Waals surface area contributed by atoms with Crippen LogP contribution >= 0.6 is 0 Å². The second-order valence-electron chi connectivity index (χ2n) is 4.57. The number of rotatable bonds is 4. The van der Waals surface area contributed by atoms with Gasteiger partial charge in [0.15, 0.2) is 0 Å². The van der Waals surface area contributed by atoms with Crippen LogP contribution in [0.25, 0.3) is 10.9 Å².